The Morgan fingerprint density at radius 2 is 1.21 bits per heavy atom. The van der Waals surface area contributed by atoms with E-state index in [-0.39, 0.29) is 5.41 Å². The topological polar surface area (TPSA) is 34.0 Å². The van der Waals surface area contributed by atoms with Crippen molar-refractivity contribution in [1.29, 1.82) is 0 Å². The fourth-order valence-electron chi connectivity index (χ4n) is 7.31. The van der Waals surface area contributed by atoms with E-state index >= 15 is 0 Å². The molecule has 9 rings (SSSR count). The standard InChI is InChI=1S/C43H32N4/c1-43(2)34-21-12-13-22-37(34)46(32-19-10-5-11-20-32)40-28-39-33(27-35(40)43)42-38(23-14-24-44-42)47(39)41-26-31(29-15-6-3-7-16-29)25-36(45-41)30-17-8-4-9-18-30/h3-28H,1-2H3. The van der Waals surface area contributed by atoms with Crippen LogP contribution in [0.2, 0.25) is 0 Å². The molecule has 0 atom stereocenters. The zero-order valence-corrected chi connectivity index (χ0v) is 26.3. The van der Waals surface area contributed by atoms with Crippen molar-refractivity contribution in [3.8, 4) is 28.2 Å². The number of para-hydroxylation sites is 2. The first-order chi connectivity index (χ1) is 23.1. The summed E-state index contributed by atoms with van der Waals surface area (Å²) in [6.07, 6.45) is 1.89. The Morgan fingerprint density at radius 1 is 0.532 bits per heavy atom. The molecule has 224 valence electrons. The molecule has 0 N–H and O–H groups in total. The Bertz CT molecular complexity index is 2370. The molecular formula is C43H32N4. The molecule has 0 aliphatic carbocycles. The number of fused-ring (bicyclic) bond motifs is 5. The molecule has 0 unspecified atom stereocenters. The van der Waals surface area contributed by atoms with Crippen molar-refractivity contribution >= 4 is 39.0 Å². The molecule has 0 saturated carbocycles. The molecule has 4 heteroatoms. The van der Waals surface area contributed by atoms with Gasteiger partial charge in [-0.3, -0.25) is 9.55 Å². The van der Waals surface area contributed by atoms with Crippen molar-refractivity contribution in [2.24, 2.45) is 0 Å². The third kappa shape index (κ3) is 4.29. The van der Waals surface area contributed by atoms with E-state index in [0.717, 1.165) is 55.8 Å². The molecule has 4 heterocycles. The zero-order valence-electron chi connectivity index (χ0n) is 26.3. The van der Waals surface area contributed by atoms with Gasteiger partial charge in [-0.25, -0.2) is 4.98 Å². The van der Waals surface area contributed by atoms with Gasteiger partial charge in [0.15, 0.2) is 0 Å². The number of pyridine rings is 2. The Balaban J connectivity index is 1.38. The highest BCUT2D eigenvalue weighted by atomic mass is 15.2. The van der Waals surface area contributed by atoms with E-state index in [1.54, 1.807) is 0 Å². The van der Waals surface area contributed by atoms with Crippen LogP contribution in [0.5, 0.6) is 0 Å². The van der Waals surface area contributed by atoms with Crippen LogP contribution >= 0.6 is 0 Å². The molecule has 5 aromatic carbocycles. The first-order valence-corrected chi connectivity index (χ1v) is 16.1. The number of hydrogen-bond donors (Lipinski definition) is 0. The third-order valence-corrected chi connectivity index (χ3v) is 9.60. The first-order valence-electron chi connectivity index (χ1n) is 16.1. The second-order valence-electron chi connectivity index (χ2n) is 12.7. The van der Waals surface area contributed by atoms with Gasteiger partial charge in [-0.2, -0.15) is 0 Å². The molecular weight excluding hydrogens is 573 g/mol. The van der Waals surface area contributed by atoms with Crippen LogP contribution in [0.15, 0.2) is 158 Å². The number of benzene rings is 5. The maximum atomic E-state index is 5.35. The van der Waals surface area contributed by atoms with Gasteiger partial charge in [0.2, 0.25) is 0 Å². The first kappa shape index (κ1) is 27.3. The second-order valence-corrected chi connectivity index (χ2v) is 12.7. The summed E-state index contributed by atoms with van der Waals surface area (Å²) >= 11 is 0. The van der Waals surface area contributed by atoms with E-state index in [9.17, 15) is 0 Å². The highest BCUT2D eigenvalue weighted by molar-refractivity contribution is 6.09. The maximum Gasteiger partial charge on any atom is 0.138 e. The highest BCUT2D eigenvalue weighted by Crippen LogP contribution is 2.53. The zero-order chi connectivity index (χ0) is 31.5. The van der Waals surface area contributed by atoms with Crippen LogP contribution < -0.4 is 4.90 Å². The summed E-state index contributed by atoms with van der Waals surface area (Å²) in [5.41, 5.74) is 13.2. The smallest absolute Gasteiger partial charge is 0.138 e. The highest BCUT2D eigenvalue weighted by Gasteiger charge is 2.37. The molecule has 0 saturated heterocycles. The van der Waals surface area contributed by atoms with Gasteiger partial charge in [-0.1, -0.05) is 111 Å². The van der Waals surface area contributed by atoms with Gasteiger partial charge in [0.1, 0.15) is 5.82 Å². The van der Waals surface area contributed by atoms with Crippen molar-refractivity contribution in [3.05, 3.63) is 169 Å². The normalized spacial score (nSPS) is 13.4. The van der Waals surface area contributed by atoms with Crippen LogP contribution in [0.25, 0.3) is 50.1 Å². The van der Waals surface area contributed by atoms with Crippen LogP contribution in [0.1, 0.15) is 25.0 Å². The van der Waals surface area contributed by atoms with Crippen molar-refractivity contribution in [2.45, 2.75) is 19.3 Å². The SMILES string of the molecule is CC1(C)c2ccccc2N(c2ccccc2)c2cc3c(cc21)c1ncccc1n3-c1cc(-c2ccccc2)cc(-c2ccccc2)n1. The predicted molar refractivity (Wildman–Crippen MR) is 194 cm³/mol. The predicted octanol–water partition coefficient (Wildman–Crippen LogP) is 11.0. The van der Waals surface area contributed by atoms with Gasteiger partial charge in [-0.05, 0) is 76.9 Å². The van der Waals surface area contributed by atoms with Gasteiger partial charge in [0.25, 0.3) is 0 Å². The second kappa shape index (κ2) is 10.5. The third-order valence-electron chi connectivity index (χ3n) is 9.60. The van der Waals surface area contributed by atoms with Crippen molar-refractivity contribution in [3.63, 3.8) is 0 Å². The summed E-state index contributed by atoms with van der Waals surface area (Å²) in [7, 11) is 0. The molecule has 0 radical (unpaired) electrons. The monoisotopic (exact) mass is 604 g/mol. The summed E-state index contributed by atoms with van der Waals surface area (Å²) in [6.45, 7) is 4.67. The average molecular weight is 605 g/mol. The van der Waals surface area contributed by atoms with Gasteiger partial charge < -0.3 is 4.90 Å². The number of nitrogens with zero attached hydrogens (tertiary/aromatic N) is 4. The summed E-state index contributed by atoms with van der Waals surface area (Å²) in [6, 6.07) is 53.8. The van der Waals surface area contributed by atoms with E-state index in [4.69, 9.17) is 9.97 Å². The molecule has 0 amide bonds. The molecule has 0 spiro atoms. The number of anilines is 3. The van der Waals surface area contributed by atoms with Gasteiger partial charge >= 0.3 is 0 Å². The minimum Gasteiger partial charge on any atom is -0.310 e. The molecule has 1 aliphatic heterocycles. The lowest BCUT2D eigenvalue weighted by molar-refractivity contribution is 0.633. The summed E-state index contributed by atoms with van der Waals surface area (Å²) in [5.74, 6) is 0.861. The Kier molecular flexibility index (Phi) is 6.12. The van der Waals surface area contributed by atoms with Crippen molar-refractivity contribution in [2.75, 3.05) is 4.90 Å². The van der Waals surface area contributed by atoms with Crippen LogP contribution in [0.4, 0.5) is 17.1 Å². The minimum atomic E-state index is -0.222. The van der Waals surface area contributed by atoms with E-state index in [0.29, 0.717) is 0 Å². The molecule has 0 fully saturated rings. The Hall–Kier alpha value is -6.00. The Morgan fingerprint density at radius 3 is 1.98 bits per heavy atom. The Labute approximate surface area is 274 Å². The fourth-order valence-corrected chi connectivity index (χ4v) is 7.31. The quantitative estimate of drug-likeness (QED) is 0.200. The molecule has 1 aliphatic rings. The lowest BCUT2D eigenvalue weighted by Crippen LogP contribution is -2.30. The molecule has 0 bridgehead atoms. The molecule has 8 aromatic rings. The summed E-state index contributed by atoms with van der Waals surface area (Å²) < 4.78 is 2.30. The van der Waals surface area contributed by atoms with E-state index < -0.39 is 0 Å². The largest absolute Gasteiger partial charge is 0.310 e. The lowest BCUT2D eigenvalue weighted by atomic mass is 9.73. The van der Waals surface area contributed by atoms with E-state index in [1.807, 2.05) is 18.3 Å². The minimum absolute atomic E-state index is 0.222. The summed E-state index contributed by atoms with van der Waals surface area (Å²) in [5, 5.41) is 1.12. The lowest BCUT2D eigenvalue weighted by Gasteiger charge is -2.42. The molecule has 3 aromatic heterocycles. The van der Waals surface area contributed by atoms with Crippen molar-refractivity contribution in [1.82, 2.24) is 14.5 Å². The van der Waals surface area contributed by atoms with Gasteiger partial charge in [0, 0.05) is 28.2 Å². The number of aromatic nitrogens is 3. The van der Waals surface area contributed by atoms with Crippen LogP contribution in [-0.4, -0.2) is 14.5 Å². The van der Waals surface area contributed by atoms with Crippen molar-refractivity contribution < 1.29 is 0 Å². The van der Waals surface area contributed by atoms with Gasteiger partial charge in [-0.15, -0.1) is 0 Å². The average Bonchev–Trinajstić information content (AvgIpc) is 3.45. The van der Waals surface area contributed by atoms with Crippen LogP contribution in [0.3, 0.4) is 0 Å². The van der Waals surface area contributed by atoms with Gasteiger partial charge in [0.05, 0.1) is 33.6 Å². The maximum absolute atomic E-state index is 5.35. The molecule has 47 heavy (non-hydrogen) atoms. The van der Waals surface area contributed by atoms with Crippen LogP contribution in [0, 0.1) is 0 Å². The van der Waals surface area contributed by atoms with Crippen LogP contribution in [-0.2, 0) is 5.41 Å². The number of hydrogen-bond acceptors (Lipinski definition) is 3. The van der Waals surface area contributed by atoms with E-state index in [2.05, 4.69) is 163 Å². The van der Waals surface area contributed by atoms with E-state index in [1.165, 1.54) is 22.5 Å². The number of rotatable bonds is 4. The molecule has 4 nitrogen and oxygen atoms in total. The fraction of sp³-hybridized carbons (Fsp3) is 0.0698. The summed E-state index contributed by atoms with van der Waals surface area (Å²) in [4.78, 5) is 12.7.